The number of nitrogens with zero attached hydrogens (tertiary/aromatic N) is 4. The first-order valence-electron chi connectivity index (χ1n) is 8.96. The number of rotatable bonds is 7. The van der Waals surface area contributed by atoms with Crippen LogP contribution in [0.15, 0.2) is 42.7 Å². The van der Waals surface area contributed by atoms with Crippen molar-refractivity contribution in [2.45, 2.75) is 13.0 Å². The Kier molecular flexibility index (Phi) is 6.19. The van der Waals surface area contributed by atoms with Crippen molar-refractivity contribution in [3.05, 3.63) is 53.9 Å². The molecule has 0 aliphatic carbocycles. The lowest BCUT2D eigenvalue weighted by molar-refractivity contribution is 0.0949. The van der Waals surface area contributed by atoms with E-state index in [1.807, 2.05) is 41.2 Å². The highest BCUT2D eigenvalue weighted by Crippen LogP contribution is 2.07. The van der Waals surface area contributed by atoms with Gasteiger partial charge in [-0.2, -0.15) is 5.10 Å². The van der Waals surface area contributed by atoms with E-state index in [1.54, 1.807) is 6.20 Å². The van der Waals surface area contributed by atoms with E-state index < -0.39 is 0 Å². The maximum atomic E-state index is 12.3. The molecule has 0 spiro atoms. The van der Waals surface area contributed by atoms with Crippen LogP contribution in [-0.4, -0.2) is 71.8 Å². The van der Waals surface area contributed by atoms with Crippen LogP contribution in [0.1, 0.15) is 22.3 Å². The molecule has 2 heterocycles. The lowest BCUT2D eigenvalue weighted by atomic mass is 10.1. The van der Waals surface area contributed by atoms with Crippen LogP contribution < -0.4 is 5.32 Å². The molecule has 1 saturated heterocycles. The molecule has 2 aromatic rings. The van der Waals surface area contributed by atoms with Gasteiger partial charge in [-0.15, -0.1) is 0 Å². The zero-order valence-corrected chi connectivity index (χ0v) is 14.9. The molecule has 1 fully saturated rings. The zero-order valence-electron chi connectivity index (χ0n) is 14.9. The van der Waals surface area contributed by atoms with Crippen molar-refractivity contribution >= 4 is 5.91 Å². The van der Waals surface area contributed by atoms with E-state index in [0.29, 0.717) is 18.7 Å². The molecule has 134 valence electrons. The number of aromatic nitrogens is 2. The third-order valence-corrected chi connectivity index (χ3v) is 4.63. The highest BCUT2D eigenvalue weighted by Gasteiger charge is 2.13. The minimum absolute atomic E-state index is 0.000641. The Hall–Kier alpha value is -2.18. The van der Waals surface area contributed by atoms with E-state index in [4.69, 9.17) is 0 Å². The van der Waals surface area contributed by atoms with E-state index in [9.17, 15) is 4.79 Å². The Labute approximate surface area is 149 Å². The van der Waals surface area contributed by atoms with Gasteiger partial charge in [0.05, 0.1) is 6.54 Å². The Balaban J connectivity index is 1.42. The van der Waals surface area contributed by atoms with Crippen molar-refractivity contribution in [1.82, 2.24) is 24.9 Å². The molecule has 0 bridgehead atoms. The number of hydrogen-bond acceptors (Lipinski definition) is 4. The summed E-state index contributed by atoms with van der Waals surface area (Å²) >= 11 is 0. The Bertz CT molecular complexity index is 662. The van der Waals surface area contributed by atoms with Gasteiger partial charge in [-0.1, -0.05) is 12.1 Å². The van der Waals surface area contributed by atoms with Gasteiger partial charge in [-0.05, 0) is 43.8 Å². The molecule has 6 heteroatoms. The molecule has 25 heavy (non-hydrogen) atoms. The summed E-state index contributed by atoms with van der Waals surface area (Å²) in [6.07, 6.45) is 4.67. The zero-order chi connectivity index (χ0) is 17.5. The number of nitrogens with one attached hydrogen (secondary N) is 1. The molecule has 0 saturated carbocycles. The number of carbonyl (C=O) groups excluding carboxylic acids is 1. The fourth-order valence-electron chi connectivity index (χ4n) is 3.07. The van der Waals surface area contributed by atoms with Gasteiger partial charge in [0.2, 0.25) is 0 Å². The number of benzene rings is 1. The molecule has 0 atom stereocenters. The Morgan fingerprint density at radius 3 is 2.80 bits per heavy atom. The number of amides is 1. The average molecular weight is 341 g/mol. The second-order valence-electron chi connectivity index (χ2n) is 6.66. The molecule has 6 nitrogen and oxygen atoms in total. The predicted molar refractivity (Wildman–Crippen MR) is 98.7 cm³/mol. The third-order valence-electron chi connectivity index (χ3n) is 4.63. The summed E-state index contributed by atoms with van der Waals surface area (Å²) in [5.74, 6) is 0.000641. The highest BCUT2D eigenvalue weighted by molar-refractivity contribution is 5.94. The quantitative estimate of drug-likeness (QED) is 0.772. The Morgan fingerprint density at radius 2 is 2.04 bits per heavy atom. The van der Waals surface area contributed by atoms with E-state index in [2.05, 4.69) is 27.3 Å². The van der Waals surface area contributed by atoms with Crippen molar-refractivity contribution in [2.24, 2.45) is 0 Å². The molecule has 1 aliphatic rings. The van der Waals surface area contributed by atoms with Crippen LogP contribution in [-0.2, 0) is 6.54 Å². The van der Waals surface area contributed by atoms with Gasteiger partial charge in [0, 0.05) is 50.7 Å². The molecular formula is C19H27N5O. The van der Waals surface area contributed by atoms with Crippen LogP contribution in [0.2, 0.25) is 0 Å². The van der Waals surface area contributed by atoms with Crippen LogP contribution in [0.5, 0.6) is 0 Å². The predicted octanol–water partition coefficient (Wildman–Crippen LogP) is 1.30. The molecule has 3 rings (SSSR count). The van der Waals surface area contributed by atoms with Gasteiger partial charge < -0.3 is 15.1 Å². The molecule has 1 aromatic heterocycles. The lowest BCUT2D eigenvalue weighted by Crippen LogP contribution is -2.45. The first-order chi connectivity index (χ1) is 12.2. The van der Waals surface area contributed by atoms with Crippen LogP contribution >= 0.6 is 0 Å². The SMILES string of the molecule is CN1CCN(CCCNC(=O)c2cccc(Cn3cccn3)c2)CC1. The topological polar surface area (TPSA) is 53.4 Å². The van der Waals surface area contributed by atoms with Crippen LogP contribution in [0.3, 0.4) is 0 Å². The summed E-state index contributed by atoms with van der Waals surface area (Å²) in [4.78, 5) is 17.2. The minimum Gasteiger partial charge on any atom is -0.352 e. The summed E-state index contributed by atoms with van der Waals surface area (Å²) in [5.41, 5.74) is 1.79. The van der Waals surface area contributed by atoms with Crippen LogP contribution in [0.4, 0.5) is 0 Å². The molecule has 1 amide bonds. The van der Waals surface area contributed by atoms with E-state index in [-0.39, 0.29) is 5.91 Å². The first-order valence-corrected chi connectivity index (χ1v) is 8.96. The molecule has 1 aliphatic heterocycles. The van der Waals surface area contributed by atoms with Gasteiger partial charge in [-0.25, -0.2) is 0 Å². The molecule has 1 aromatic carbocycles. The smallest absolute Gasteiger partial charge is 0.251 e. The number of likely N-dealkylation sites (N-methyl/N-ethyl adjacent to an activating group) is 1. The number of piperazine rings is 1. The summed E-state index contributed by atoms with van der Waals surface area (Å²) < 4.78 is 1.85. The van der Waals surface area contributed by atoms with E-state index >= 15 is 0 Å². The fourth-order valence-corrected chi connectivity index (χ4v) is 3.07. The molecule has 0 unspecified atom stereocenters. The fraction of sp³-hybridized carbons (Fsp3) is 0.474. The summed E-state index contributed by atoms with van der Waals surface area (Å²) in [6, 6.07) is 9.65. The normalized spacial score (nSPS) is 16.0. The summed E-state index contributed by atoms with van der Waals surface area (Å²) in [7, 11) is 2.16. The van der Waals surface area contributed by atoms with E-state index in [1.165, 1.54) is 0 Å². The maximum Gasteiger partial charge on any atom is 0.251 e. The van der Waals surface area contributed by atoms with Crippen LogP contribution in [0.25, 0.3) is 0 Å². The van der Waals surface area contributed by atoms with E-state index in [0.717, 1.165) is 44.7 Å². The first kappa shape index (κ1) is 17.6. The lowest BCUT2D eigenvalue weighted by Gasteiger charge is -2.32. The minimum atomic E-state index is 0.000641. The third kappa shape index (κ3) is 5.41. The maximum absolute atomic E-state index is 12.3. The van der Waals surface area contributed by atoms with Gasteiger partial charge in [0.25, 0.3) is 5.91 Å². The van der Waals surface area contributed by atoms with Gasteiger partial charge >= 0.3 is 0 Å². The molecular weight excluding hydrogens is 314 g/mol. The largest absolute Gasteiger partial charge is 0.352 e. The standard InChI is InChI=1S/C19H27N5O/c1-22-11-13-23(14-12-22)9-3-7-20-19(25)18-6-2-5-17(15-18)16-24-10-4-8-21-24/h2,4-6,8,10,15H,3,7,9,11-14,16H2,1H3,(H,20,25). The van der Waals surface area contributed by atoms with Crippen molar-refractivity contribution < 1.29 is 4.79 Å². The van der Waals surface area contributed by atoms with Crippen molar-refractivity contribution in [1.29, 1.82) is 0 Å². The van der Waals surface area contributed by atoms with Gasteiger partial charge in [0.15, 0.2) is 0 Å². The second-order valence-corrected chi connectivity index (χ2v) is 6.66. The second kappa shape index (κ2) is 8.78. The highest BCUT2D eigenvalue weighted by atomic mass is 16.1. The molecule has 1 N–H and O–H groups in total. The van der Waals surface area contributed by atoms with Crippen molar-refractivity contribution in [2.75, 3.05) is 46.3 Å². The monoisotopic (exact) mass is 341 g/mol. The Morgan fingerprint density at radius 1 is 1.20 bits per heavy atom. The number of carbonyl (C=O) groups is 1. The number of hydrogen-bond donors (Lipinski definition) is 1. The summed E-state index contributed by atoms with van der Waals surface area (Å²) in [6.45, 7) is 6.96. The van der Waals surface area contributed by atoms with Crippen molar-refractivity contribution in [3.8, 4) is 0 Å². The van der Waals surface area contributed by atoms with Crippen LogP contribution in [0, 0.1) is 0 Å². The average Bonchev–Trinajstić information content (AvgIpc) is 3.13. The molecule has 0 radical (unpaired) electrons. The van der Waals surface area contributed by atoms with Gasteiger partial charge in [-0.3, -0.25) is 9.48 Å². The van der Waals surface area contributed by atoms with Gasteiger partial charge in [0.1, 0.15) is 0 Å². The summed E-state index contributed by atoms with van der Waals surface area (Å²) in [5, 5.41) is 7.24. The van der Waals surface area contributed by atoms with Crippen molar-refractivity contribution in [3.63, 3.8) is 0 Å².